The zero-order valence-corrected chi connectivity index (χ0v) is 22.4. The molecule has 0 aliphatic carbocycles. The number of nitrogens with zero attached hydrogens (tertiary/aromatic N) is 1. The van der Waals surface area contributed by atoms with E-state index in [2.05, 4.69) is 10.3 Å². The minimum atomic E-state index is -4.37. The van der Waals surface area contributed by atoms with Gasteiger partial charge in [-0.2, -0.15) is 13.2 Å². The van der Waals surface area contributed by atoms with Crippen LogP contribution in [-0.4, -0.2) is 36.8 Å². The fourth-order valence-electron chi connectivity index (χ4n) is 3.85. The molecular formula is C28H25F3N2O4S2. The summed E-state index contributed by atoms with van der Waals surface area (Å²) in [4.78, 5) is 17.5. The number of amides is 1. The van der Waals surface area contributed by atoms with Crippen LogP contribution in [0.2, 0.25) is 0 Å². The molecular weight excluding hydrogens is 549 g/mol. The highest BCUT2D eigenvalue weighted by molar-refractivity contribution is 7.91. The molecule has 1 aromatic heterocycles. The Morgan fingerprint density at radius 2 is 1.64 bits per heavy atom. The average Bonchev–Trinajstić information content (AvgIpc) is 3.40. The van der Waals surface area contributed by atoms with Gasteiger partial charge < -0.3 is 10.4 Å². The number of halogens is 3. The number of thiazole rings is 1. The first kappa shape index (κ1) is 28.5. The molecule has 0 aliphatic rings. The van der Waals surface area contributed by atoms with Crippen LogP contribution in [0.3, 0.4) is 0 Å². The van der Waals surface area contributed by atoms with Gasteiger partial charge in [-0.05, 0) is 47.5 Å². The quantitative estimate of drug-likeness (QED) is 0.268. The molecule has 1 atom stereocenters. The first-order chi connectivity index (χ1) is 18.5. The summed E-state index contributed by atoms with van der Waals surface area (Å²) >= 11 is 1.39. The monoisotopic (exact) mass is 574 g/mol. The minimum Gasteiger partial charge on any atom is -0.394 e. The molecule has 1 unspecified atom stereocenters. The fourth-order valence-corrected chi connectivity index (χ4v) is 5.57. The van der Waals surface area contributed by atoms with Crippen molar-refractivity contribution in [1.29, 1.82) is 0 Å². The lowest BCUT2D eigenvalue weighted by Gasteiger charge is -2.17. The average molecular weight is 575 g/mol. The molecule has 0 fully saturated rings. The molecule has 1 heterocycles. The Balaban J connectivity index is 1.40. The summed E-state index contributed by atoms with van der Waals surface area (Å²) in [5, 5.41) is 15.2. The summed E-state index contributed by atoms with van der Waals surface area (Å²) in [6, 6.07) is 17.1. The highest BCUT2D eigenvalue weighted by Crippen LogP contribution is 2.30. The number of hydrogen-bond donors (Lipinski definition) is 2. The lowest BCUT2D eigenvalue weighted by Crippen LogP contribution is -2.30. The Kier molecular flexibility index (Phi) is 8.53. The summed E-state index contributed by atoms with van der Waals surface area (Å²) in [5.41, 5.74) is 2.41. The molecule has 0 aliphatic heterocycles. The highest BCUT2D eigenvalue weighted by Gasteiger charge is 2.30. The third-order valence-electron chi connectivity index (χ3n) is 6.14. The lowest BCUT2D eigenvalue weighted by molar-refractivity contribution is -0.137. The molecule has 2 N–H and O–H groups in total. The van der Waals surface area contributed by atoms with Crippen LogP contribution in [0.1, 0.15) is 45.0 Å². The first-order valence-corrected chi connectivity index (χ1v) is 14.5. The topological polar surface area (TPSA) is 96.4 Å². The lowest BCUT2D eigenvalue weighted by atomic mass is 10.1. The van der Waals surface area contributed by atoms with Crippen molar-refractivity contribution in [3.05, 3.63) is 105 Å². The van der Waals surface area contributed by atoms with Crippen LogP contribution in [0.4, 0.5) is 13.2 Å². The Morgan fingerprint density at radius 3 is 2.21 bits per heavy atom. The van der Waals surface area contributed by atoms with Gasteiger partial charge >= 0.3 is 6.18 Å². The van der Waals surface area contributed by atoms with Crippen molar-refractivity contribution in [2.45, 2.75) is 30.5 Å². The molecule has 4 rings (SSSR count). The van der Waals surface area contributed by atoms with Crippen molar-refractivity contribution in [3.8, 4) is 11.3 Å². The third-order valence-corrected chi connectivity index (χ3v) is 8.74. The van der Waals surface area contributed by atoms with Crippen molar-refractivity contribution in [3.63, 3.8) is 0 Å². The van der Waals surface area contributed by atoms with E-state index in [1.807, 2.05) is 5.38 Å². The number of aromatic nitrogens is 1. The zero-order chi connectivity index (χ0) is 28.2. The molecule has 0 spiro atoms. The van der Waals surface area contributed by atoms with E-state index in [1.165, 1.54) is 35.6 Å². The van der Waals surface area contributed by atoms with E-state index in [-0.39, 0.29) is 17.3 Å². The number of aliphatic hydroxyl groups is 1. The second-order valence-corrected chi connectivity index (χ2v) is 12.0. The summed E-state index contributed by atoms with van der Waals surface area (Å²) < 4.78 is 62.3. The van der Waals surface area contributed by atoms with Crippen molar-refractivity contribution in [1.82, 2.24) is 10.3 Å². The predicted octanol–water partition coefficient (Wildman–Crippen LogP) is 5.68. The Hall–Kier alpha value is -3.54. The van der Waals surface area contributed by atoms with E-state index in [9.17, 15) is 31.5 Å². The molecule has 6 nitrogen and oxygen atoms in total. The van der Waals surface area contributed by atoms with Gasteiger partial charge in [0.2, 0.25) is 0 Å². The maximum atomic E-state index is 12.8. The van der Waals surface area contributed by atoms with Crippen LogP contribution in [-0.2, 0) is 22.4 Å². The normalized spacial score (nSPS) is 12.7. The van der Waals surface area contributed by atoms with Crippen LogP contribution >= 0.6 is 11.3 Å². The van der Waals surface area contributed by atoms with E-state index in [1.54, 1.807) is 43.3 Å². The summed E-state index contributed by atoms with van der Waals surface area (Å²) in [6.07, 6.45) is -3.97. The Labute approximate surface area is 228 Å². The van der Waals surface area contributed by atoms with Crippen molar-refractivity contribution in [2.75, 3.05) is 12.4 Å². The molecule has 0 saturated carbocycles. The fraction of sp³-hybridized carbons (Fsp3) is 0.214. The number of hydrogen-bond acceptors (Lipinski definition) is 6. The molecule has 0 radical (unpaired) electrons. The summed E-state index contributed by atoms with van der Waals surface area (Å²) in [6.45, 7) is 1.19. The van der Waals surface area contributed by atoms with Crippen LogP contribution in [0.25, 0.3) is 11.3 Å². The maximum Gasteiger partial charge on any atom is 0.416 e. The van der Waals surface area contributed by atoms with Crippen LogP contribution < -0.4 is 5.32 Å². The molecule has 1 amide bonds. The molecule has 0 saturated heterocycles. The Bertz CT molecular complexity index is 1530. The number of aliphatic hydroxyl groups excluding tert-OH is 1. The minimum absolute atomic E-state index is 0.0239. The van der Waals surface area contributed by atoms with E-state index in [0.717, 1.165) is 28.3 Å². The second-order valence-electron chi connectivity index (χ2n) is 8.76. The number of sulfone groups is 1. The number of benzene rings is 3. The van der Waals surface area contributed by atoms with Gasteiger partial charge in [0.1, 0.15) is 0 Å². The van der Waals surface area contributed by atoms with Gasteiger partial charge in [0, 0.05) is 22.9 Å². The third kappa shape index (κ3) is 6.92. The van der Waals surface area contributed by atoms with E-state index >= 15 is 0 Å². The summed E-state index contributed by atoms with van der Waals surface area (Å²) in [7, 11) is -3.35. The number of alkyl halides is 3. The number of carbonyl (C=O) groups excluding carboxylic acids is 1. The molecule has 11 heteroatoms. The van der Waals surface area contributed by atoms with Crippen molar-refractivity contribution >= 4 is 27.1 Å². The molecule has 204 valence electrons. The van der Waals surface area contributed by atoms with Gasteiger partial charge in [-0.15, -0.1) is 11.3 Å². The first-order valence-electron chi connectivity index (χ1n) is 12.0. The molecule has 4 aromatic rings. The zero-order valence-electron chi connectivity index (χ0n) is 20.8. The Morgan fingerprint density at radius 1 is 1.00 bits per heavy atom. The SMILES string of the molecule is CCS(=O)(=O)c1ccc(C(CO)NC(=O)c2ccc(-c3csc(Cc4ccc(C(F)(F)F)cc4)n3)cc2)cc1. The van der Waals surface area contributed by atoms with Gasteiger partial charge in [0.15, 0.2) is 9.84 Å². The van der Waals surface area contributed by atoms with Crippen molar-refractivity contribution in [2.24, 2.45) is 0 Å². The summed E-state index contributed by atoms with van der Waals surface area (Å²) in [5.74, 6) is -0.434. The van der Waals surface area contributed by atoms with Gasteiger partial charge in [-0.3, -0.25) is 4.79 Å². The highest BCUT2D eigenvalue weighted by atomic mass is 32.2. The molecule has 39 heavy (non-hydrogen) atoms. The van der Waals surface area contributed by atoms with Crippen molar-refractivity contribution < 1.29 is 31.5 Å². The number of nitrogens with one attached hydrogen (secondary N) is 1. The van der Waals surface area contributed by atoms with E-state index in [4.69, 9.17) is 0 Å². The van der Waals surface area contributed by atoms with E-state index in [0.29, 0.717) is 23.2 Å². The van der Waals surface area contributed by atoms with Gasteiger partial charge in [0.25, 0.3) is 5.91 Å². The standard InChI is InChI=1S/C28H25F3N2O4S2/c1-2-39(36,37)23-13-9-19(10-14-23)24(16-34)33-27(35)21-7-5-20(6-8-21)25-17-38-26(32-25)15-18-3-11-22(12-4-18)28(29,30)31/h3-14,17,24,34H,2,15-16H2,1H3,(H,33,35). The van der Waals surface area contributed by atoms with Gasteiger partial charge in [-0.25, -0.2) is 13.4 Å². The second kappa shape index (κ2) is 11.7. The molecule has 0 bridgehead atoms. The van der Waals surface area contributed by atoms with Gasteiger partial charge in [0.05, 0.1) is 39.6 Å². The van der Waals surface area contributed by atoms with Crippen LogP contribution in [0.5, 0.6) is 0 Å². The maximum absolute atomic E-state index is 12.8. The molecule has 3 aromatic carbocycles. The van der Waals surface area contributed by atoms with Crippen LogP contribution in [0, 0.1) is 0 Å². The number of carbonyl (C=O) groups is 1. The van der Waals surface area contributed by atoms with Gasteiger partial charge in [-0.1, -0.05) is 43.3 Å². The van der Waals surface area contributed by atoms with E-state index < -0.39 is 33.5 Å². The smallest absolute Gasteiger partial charge is 0.394 e. The number of rotatable bonds is 9. The predicted molar refractivity (Wildman–Crippen MR) is 143 cm³/mol. The van der Waals surface area contributed by atoms with Crippen LogP contribution in [0.15, 0.2) is 83.1 Å². The largest absolute Gasteiger partial charge is 0.416 e.